The molecule has 8 rings (SSSR count). The van der Waals surface area contributed by atoms with E-state index >= 15 is 0 Å². The molecule has 0 saturated carbocycles. The topological polar surface area (TPSA) is 425 Å². The first-order valence-electron chi connectivity index (χ1n) is 23.2. The Labute approximate surface area is 486 Å². The minimum Gasteiger partial charge on any atom is -0.872 e. The van der Waals surface area contributed by atoms with Crippen molar-refractivity contribution in [3.8, 4) is 17.9 Å². The van der Waals surface area contributed by atoms with Gasteiger partial charge in [-0.05, 0) is 103 Å². The van der Waals surface area contributed by atoms with Crippen molar-refractivity contribution in [2.24, 2.45) is 0 Å². The Kier molecular flexibility index (Phi) is 32.9. The van der Waals surface area contributed by atoms with Crippen molar-refractivity contribution in [2.75, 3.05) is 0 Å². The molecule has 4 aromatic carbocycles. The van der Waals surface area contributed by atoms with Crippen molar-refractivity contribution in [1.29, 1.82) is 10.5 Å². The zero-order valence-electron chi connectivity index (χ0n) is 43.1. The van der Waals surface area contributed by atoms with Crippen LogP contribution in [0.3, 0.4) is 0 Å². The predicted octanol–water partition coefficient (Wildman–Crippen LogP) is -3.39. The number of benzene rings is 4. The number of imidazole rings is 2. The van der Waals surface area contributed by atoms with Crippen LogP contribution in [0.25, 0.3) is 22.1 Å². The number of carbonyl (C=O) groups excluding carboxylic acids is 2. The zero-order valence-corrected chi connectivity index (χ0v) is 46.8. The van der Waals surface area contributed by atoms with Gasteiger partial charge in [-0.1, -0.05) is 84.1 Å². The van der Waals surface area contributed by atoms with E-state index in [4.69, 9.17) is 57.8 Å². The van der Waals surface area contributed by atoms with Crippen LogP contribution in [0.15, 0.2) is 134 Å². The predicted molar refractivity (Wildman–Crippen MR) is 253 cm³/mol. The standard InChI is InChI=1S/C37H36N8O.C12H14O4.2C2H3N.2ClHO4.2Fe/c1-26-18-27(20-44(22-29-10-6-8-16-38-29)23-30-11-7-9-17-39-30)37(46)28(19-26)21-45(24-35-40-31-12-2-3-13-32(31)41-35)25-36-42-33-14-4-5-15-34(33)43-36;13-11(14)6-4-9-2-1-3-10(8-9)5-7-12(15)16;2*1-2-3;2*2-1(3,4)5;;/h2-19,46H,20-25H2,1H3,(H,40,41)(H,42,43);1-3,8H,4-7H2,(H,13,14)(H,15,16);2*1H3;2*(H,2,3,4,5);;/q;;;;;;+3;+4/p-5. The van der Waals surface area contributed by atoms with Crippen molar-refractivity contribution < 1.29 is 117 Å². The number of aromatic nitrogens is 6. The summed E-state index contributed by atoms with van der Waals surface area (Å²) in [5, 5.41) is 49.3. The number of aliphatic carboxylic acids is 2. The number of pyridine rings is 2. The Morgan fingerprint density at radius 3 is 1.24 bits per heavy atom. The molecule has 0 amide bonds. The normalized spacial score (nSPS) is 10.4. The number of halogens is 2. The van der Waals surface area contributed by atoms with Crippen molar-refractivity contribution in [1.82, 2.24) is 39.7 Å². The third-order valence-electron chi connectivity index (χ3n) is 10.2. The molecular weight excluding hydrogens is 1170 g/mol. The summed E-state index contributed by atoms with van der Waals surface area (Å²) in [7, 11) is -9.89. The monoisotopic (exact) mass is 1220 g/mol. The largest absolute Gasteiger partial charge is 4.00 e. The fourth-order valence-corrected chi connectivity index (χ4v) is 7.44. The number of para-hydroxylation sites is 4. The van der Waals surface area contributed by atoms with Crippen molar-refractivity contribution in [3.05, 3.63) is 185 Å². The molecule has 0 saturated heterocycles. The van der Waals surface area contributed by atoms with Crippen LogP contribution in [0.4, 0.5) is 0 Å². The summed E-state index contributed by atoms with van der Waals surface area (Å²) in [6.45, 7) is 8.10. The number of carbonyl (C=O) groups is 2. The van der Waals surface area contributed by atoms with Gasteiger partial charge in [-0.3, -0.25) is 19.8 Å². The molecule has 0 aliphatic heterocycles. The van der Waals surface area contributed by atoms with Gasteiger partial charge in [0.25, 0.3) is 0 Å². The number of rotatable bonds is 18. The average molecular weight is 1220 g/mol. The first kappa shape index (κ1) is 71.1. The molecule has 27 heteroatoms. The van der Waals surface area contributed by atoms with Gasteiger partial charge in [-0.2, -0.15) is 10.5 Å². The number of nitrogens with zero attached hydrogens (tertiary/aromatic N) is 8. The Bertz CT molecular complexity index is 2920. The minimum atomic E-state index is -4.94. The van der Waals surface area contributed by atoms with E-state index in [9.17, 15) is 24.9 Å². The zero-order chi connectivity index (χ0) is 57.7. The third kappa shape index (κ3) is 30.4. The number of H-pyrrole nitrogens is 2. The van der Waals surface area contributed by atoms with Crippen LogP contribution in [0.5, 0.6) is 5.75 Å². The molecule has 0 fully saturated rings. The number of hydrogen-bond acceptors (Lipinski definition) is 21. The summed E-state index contributed by atoms with van der Waals surface area (Å²) in [5.41, 5.74) is 10.0. The van der Waals surface area contributed by atoms with Crippen molar-refractivity contribution in [3.63, 3.8) is 0 Å². The number of fused-ring (bicyclic) bond motifs is 2. The van der Waals surface area contributed by atoms with E-state index < -0.39 is 32.4 Å². The third-order valence-corrected chi connectivity index (χ3v) is 10.2. The Morgan fingerprint density at radius 2 is 0.900 bits per heavy atom. The van der Waals surface area contributed by atoms with Gasteiger partial charge in [-0.25, -0.2) is 47.2 Å². The molecule has 0 bridgehead atoms. The first-order valence-corrected chi connectivity index (χ1v) is 25.7. The van der Waals surface area contributed by atoms with E-state index in [0.717, 1.165) is 72.9 Å². The van der Waals surface area contributed by atoms with Crippen LogP contribution < -0.4 is 52.6 Å². The summed E-state index contributed by atoms with van der Waals surface area (Å²) in [6, 6.07) is 42.6. The van der Waals surface area contributed by atoms with E-state index in [2.05, 4.69) is 36.7 Å². The van der Waals surface area contributed by atoms with Gasteiger partial charge in [0.1, 0.15) is 11.6 Å². The number of aromatic amines is 2. The quantitative estimate of drug-likeness (QED) is 0.0791. The second-order valence-electron chi connectivity index (χ2n) is 16.5. The molecule has 0 aliphatic carbocycles. The smallest absolute Gasteiger partial charge is 0.872 e. The van der Waals surface area contributed by atoms with Crippen LogP contribution in [0.2, 0.25) is 0 Å². The van der Waals surface area contributed by atoms with Crippen LogP contribution in [0.1, 0.15) is 77.5 Å². The summed E-state index contributed by atoms with van der Waals surface area (Å²) in [6.07, 6.45) is 4.37. The molecule has 23 nitrogen and oxygen atoms in total. The maximum Gasteiger partial charge on any atom is 4.00 e. The summed E-state index contributed by atoms with van der Waals surface area (Å²) in [4.78, 5) is 50.7. The van der Waals surface area contributed by atoms with Crippen molar-refractivity contribution >= 4 is 34.0 Å². The van der Waals surface area contributed by atoms with E-state index in [1.165, 1.54) is 13.8 Å². The molecule has 8 aromatic rings. The molecule has 0 aliphatic rings. The van der Waals surface area contributed by atoms with E-state index in [1.807, 2.05) is 115 Å². The molecule has 421 valence electrons. The summed E-state index contributed by atoms with van der Waals surface area (Å²) >= 11 is 0. The fraction of sp³-hybridized carbons (Fsp3) is 0.245. The second-order valence-corrected chi connectivity index (χ2v) is 18.0. The van der Waals surface area contributed by atoms with Gasteiger partial charge in [-0.15, -0.1) is 20.5 Å². The minimum absolute atomic E-state index is 0. The fourth-order valence-electron chi connectivity index (χ4n) is 7.44. The van der Waals surface area contributed by atoms with Crippen molar-refractivity contribution in [2.45, 2.75) is 85.7 Å². The Hall–Kier alpha value is -6.94. The number of aryl methyl sites for hydroxylation is 3. The number of carboxylic acid groups (broad SMARTS) is 2. The molecule has 1 radical (unpaired) electrons. The molecule has 0 unspecified atom stereocenters. The number of hydrogen-bond donors (Lipinski definition) is 2. The summed E-state index contributed by atoms with van der Waals surface area (Å²) in [5.74, 6) is -0.429. The molecular formula is C53H53Cl2Fe2N10O13+2. The molecule has 4 aromatic heterocycles. The van der Waals surface area contributed by atoms with Gasteiger partial charge >= 0.3 is 34.1 Å². The second kappa shape index (κ2) is 37.1. The van der Waals surface area contributed by atoms with Crippen LogP contribution in [0, 0.1) is 50.1 Å². The van der Waals surface area contributed by atoms with E-state index in [0.29, 0.717) is 52.1 Å². The molecule has 0 spiro atoms. The van der Waals surface area contributed by atoms with Crippen LogP contribution >= 0.6 is 0 Å². The molecule has 4 heterocycles. The number of carboxylic acids is 2. The van der Waals surface area contributed by atoms with Gasteiger partial charge in [0.05, 0.1) is 58.7 Å². The summed E-state index contributed by atoms with van der Waals surface area (Å²) < 4.78 is 67.9. The van der Waals surface area contributed by atoms with E-state index in [1.54, 1.807) is 30.6 Å². The van der Waals surface area contributed by atoms with E-state index in [-0.39, 0.29) is 52.7 Å². The molecule has 80 heavy (non-hydrogen) atoms. The number of nitriles is 2. The molecule has 0 atom stereocenters. The van der Waals surface area contributed by atoms with Gasteiger partial charge in [0.2, 0.25) is 0 Å². The van der Waals surface area contributed by atoms with Gasteiger partial charge in [0, 0.05) is 64.4 Å². The van der Waals surface area contributed by atoms with Crippen LogP contribution in [-0.4, -0.2) is 51.6 Å². The maximum absolute atomic E-state index is 14.2. The van der Waals surface area contributed by atoms with Crippen LogP contribution in [-0.2, 0) is 95.8 Å². The molecule has 2 N–H and O–H groups in total. The maximum atomic E-state index is 14.2. The first-order chi connectivity index (χ1) is 37.0. The average Bonchev–Trinajstić information content (AvgIpc) is 3.98. The Balaban J connectivity index is 0.000000775. The van der Waals surface area contributed by atoms with Gasteiger partial charge < -0.3 is 34.9 Å². The number of nitrogens with one attached hydrogen (secondary N) is 2. The SMILES string of the molecule is CC#N.CC#N.Cc1cc(CN(Cc2ccccn2)Cc2ccccn2)c([O-])c(CN(Cc2nc3ccccc3[nH]2)Cc2nc3ccccc3[nH]2)c1.O=C([O-])CCc1cccc(CCC(=O)[O-])c1.[Fe+3].[Fe+4].[O-][Cl+3]([O-])([O-])[O-].[O-][Cl+3]([O-])([O-])[O-]. The van der Waals surface area contributed by atoms with Gasteiger partial charge in [0.15, 0.2) is 0 Å². The Morgan fingerprint density at radius 1 is 0.550 bits per heavy atom.